The molecule has 1 heterocycles. The predicted octanol–water partition coefficient (Wildman–Crippen LogP) is 31.6. The van der Waals surface area contributed by atoms with Gasteiger partial charge in [-0.05, 0) is 318 Å². The fourth-order valence-corrected chi connectivity index (χ4v) is 18.8. The molecule has 19 rings (SSSR count). The number of rotatable bonds is 18. The van der Waals surface area contributed by atoms with Gasteiger partial charge in [-0.3, -0.25) is 0 Å². The first-order valence-electron chi connectivity index (χ1n) is 41.6. The van der Waals surface area contributed by atoms with E-state index >= 15 is 0 Å². The van der Waals surface area contributed by atoms with Crippen molar-refractivity contribution < 1.29 is 22.7 Å². The van der Waals surface area contributed by atoms with Crippen molar-refractivity contribution in [1.82, 2.24) is 0 Å². The number of aryl methyl sites for hydroxylation is 4. The van der Waals surface area contributed by atoms with Gasteiger partial charge in [0.25, 0.3) is 0 Å². The highest BCUT2D eigenvalue weighted by Crippen LogP contribution is 2.61. The van der Waals surface area contributed by atoms with Gasteiger partial charge in [0, 0.05) is 57.0 Å². The molecule has 0 bridgehead atoms. The number of hydrogen-bond donors (Lipinski definition) is 0. The second-order valence-corrected chi connectivity index (χ2v) is 34.6. The fourth-order valence-electron chi connectivity index (χ4n) is 18.8. The number of anilines is 6. The summed E-state index contributed by atoms with van der Waals surface area (Å²) in [5, 5.41) is 1.94. The summed E-state index contributed by atoms with van der Waals surface area (Å²) in [6.07, 6.45) is 3.67. The topological polar surface area (TPSA) is 38.1 Å². The number of benzene rings is 16. The summed E-state index contributed by atoms with van der Waals surface area (Å²) in [5.41, 5.74) is 31.7. The van der Waals surface area contributed by atoms with Crippen molar-refractivity contribution in [3.8, 4) is 67.5 Å². The molecule has 0 saturated heterocycles. The van der Waals surface area contributed by atoms with E-state index < -0.39 is 10.8 Å². The van der Waals surface area contributed by atoms with Gasteiger partial charge in [-0.15, -0.1) is 0 Å². The molecule has 5 nitrogen and oxygen atoms in total. The minimum atomic E-state index is -0.795. The summed E-state index contributed by atoms with van der Waals surface area (Å²) in [5.74, 6) is 2.38. The molecule has 7 heteroatoms. The maximum atomic E-state index is 14.7. The third-order valence-electron chi connectivity index (χ3n) is 25.1. The number of hydrogen-bond acceptors (Lipinski definition) is 5. The van der Waals surface area contributed by atoms with Crippen LogP contribution < -0.4 is 19.3 Å². The standard InChI is InChI=1S/C114H92F2N2O3/c1-13-75-23-51-91(52-24-75)119-93-55-39-83(40-56-93)113(81-35-31-79(32-36-81)111(7,8)9)103-21-17-15-19-95(103)97-59-47-87(67-105(97)113)117(107-65-71(3)101(63-73(107)5)77-27-43-85(115)44-28-77)89-49-61-99-100-62-50-90(70-110(100)121-109(99)69-89)118(108-66-72(4)102(64-74(108)6)78-29-45-86(116)46-30-78)88-48-60-98-96-20-16-18-22-104(96)114(106(98)68-88,82-37-33-80(34-38-82)112(10,11)12)84-41-57-94(58-42-84)120-92-53-25-76(14-2)26-54-92/h13-70H,1-2H2,3-12H3. The fraction of sp³-hybridized carbons (Fsp3) is 0.123. The Hall–Kier alpha value is -14.1. The SMILES string of the molecule is C=Cc1ccc(Oc2ccc(C3(c4ccc(C(C)(C)C)cc4)c4ccccc4-c4ccc(N(c5ccc6c(c5)oc5cc(N(c7ccc8c(c7)C(c7ccc(Oc9ccc(C=C)cc9)cc7)(c7ccc(C(C)(C)C)cc7)c7ccccc7-8)c7cc(C)c(-c8ccc(F)cc8)cc7C)ccc56)c5cc(C)c(-c6ccc(F)cc6)cc5C)cc43)cc2)cc1. The van der Waals surface area contributed by atoms with E-state index in [2.05, 4.69) is 335 Å². The van der Waals surface area contributed by atoms with Gasteiger partial charge < -0.3 is 23.7 Å². The van der Waals surface area contributed by atoms with Crippen LogP contribution in [-0.2, 0) is 21.7 Å². The summed E-state index contributed by atoms with van der Waals surface area (Å²) >= 11 is 0. The molecule has 2 aliphatic rings. The van der Waals surface area contributed by atoms with E-state index in [1.54, 1.807) is 0 Å². The zero-order chi connectivity index (χ0) is 83.4. The largest absolute Gasteiger partial charge is 0.457 e. The van der Waals surface area contributed by atoms with Crippen LogP contribution in [0.5, 0.6) is 23.0 Å². The van der Waals surface area contributed by atoms with Gasteiger partial charge >= 0.3 is 0 Å². The molecule has 16 aromatic carbocycles. The molecule has 0 aliphatic heterocycles. The van der Waals surface area contributed by atoms with Crippen LogP contribution in [-0.4, -0.2) is 0 Å². The maximum absolute atomic E-state index is 14.7. The van der Waals surface area contributed by atoms with Gasteiger partial charge in [0.05, 0.1) is 10.8 Å². The Bertz CT molecular complexity index is 6490. The maximum Gasteiger partial charge on any atom is 0.137 e. The molecule has 0 saturated carbocycles. The lowest BCUT2D eigenvalue weighted by molar-refractivity contribution is 0.482. The Morgan fingerprint density at radius 3 is 0.967 bits per heavy atom. The minimum Gasteiger partial charge on any atom is -0.457 e. The van der Waals surface area contributed by atoms with Crippen LogP contribution in [0.25, 0.3) is 78.6 Å². The Morgan fingerprint density at radius 2 is 0.620 bits per heavy atom. The van der Waals surface area contributed by atoms with E-state index in [-0.39, 0.29) is 22.5 Å². The van der Waals surface area contributed by atoms with Gasteiger partial charge in [0.1, 0.15) is 45.8 Å². The van der Waals surface area contributed by atoms with E-state index in [1.807, 2.05) is 84.9 Å². The molecule has 2 aliphatic carbocycles. The molecule has 0 radical (unpaired) electrons. The van der Waals surface area contributed by atoms with Gasteiger partial charge in [-0.25, -0.2) is 8.78 Å². The highest BCUT2D eigenvalue weighted by Gasteiger charge is 2.49. The van der Waals surface area contributed by atoms with Gasteiger partial charge in [0.2, 0.25) is 0 Å². The molecule has 590 valence electrons. The first kappa shape index (κ1) is 76.8. The lowest BCUT2D eigenvalue weighted by atomic mass is 9.67. The van der Waals surface area contributed by atoms with Gasteiger partial charge in [0.15, 0.2) is 0 Å². The third kappa shape index (κ3) is 13.4. The molecule has 1 aromatic heterocycles. The first-order chi connectivity index (χ1) is 58.5. The molecule has 2 unspecified atom stereocenters. The summed E-state index contributed by atoms with van der Waals surface area (Å²) in [4.78, 5) is 4.78. The molecule has 0 fully saturated rings. The number of ether oxygens (including phenoxy) is 2. The zero-order valence-corrected chi connectivity index (χ0v) is 69.8. The quantitative estimate of drug-likeness (QED) is 0.0856. The van der Waals surface area contributed by atoms with Crippen molar-refractivity contribution in [2.45, 2.75) is 90.9 Å². The van der Waals surface area contributed by atoms with Crippen LogP contribution >= 0.6 is 0 Å². The lowest BCUT2D eigenvalue weighted by Crippen LogP contribution is -2.29. The highest BCUT2D eigenvalue weighted by molar-refractivity contribution is 6.08. The van der Waals surface area contributed by atoms with Crippen molar-refractivity contribution in [2.24, 2.45) is 0 Å². The van der Waals surface area contributed by atoms with E-state index in [4.69, 9.17) is 13.9 Å². The average molecular weight is 1580 g/mol. The molecule has 17 aromatic rings. The van der Waals surface area contributed by atoms with Crippen molar-refractivity contribution in [2.75, 3.05) is 9.80 Å². The van der Waals surface area contributed by atoms with Crippen LogP contribution in [0.2, 0.25) is 0 Å². The molecular weight excluding hydrogens is 1480 g/mol. The second kappa shape index (κ2) is 30.0. The second-order valence-electron chi connectivity index (χ2n) is 34.6. The van der Waals surface area contributed by atoms with Crippen LogP contribution in [0, 0.1) is 39.3 Å². The monoisotopic (exact) mass is 1570 g/mol. The molecule has 121 heavy (non-hydrogen) atoms. The number of fused-ring (bicyclic) bond motifs is 9. The smallest absolute Gasteiger partial charge is 0.137 e. The number of nitrogens with zero attached hydrogens (tertiary/aromatic N) is 2. The van der Waals surface area contributed by atoms with Gasteiger partial charge in [-0.2, -0.15) is 0 Å². The van der Waals surface area contributed by atoms with Gasteiger partial charge in [-0.1, -0.05) is 249 Å². The normalized spacial score (nSPS) is 14.6. The molecule has 0 N–H and O–H groups in total. The molecule has 0 amide bonds. The number of furan rings is 1. The van der Waals surface area contributed by atoms with Crippen LogP contribution in [0.3, 0.4) is 0 Å². The Balaban J connectivity index is 0.786. The Labute approximate surface area is 708 Å². The number of halogens is 2. The summed E-state index contributed by atoms with van der Waals surface area (Å²) in [7, 11) is 0. The average Bonchev–Trinajstić information content (AvgIpc) is 1.54. The van der Waals surface area contributed by atoms with E-state index in [1.165, 1.54) is 57.6 Å². The van der Waals surface area contributed by atoms with Crippen molar-refractivity contribution in [3.63, 3.8) is 0 Å². The summed E-state index contributed by atoms with van der Waals surface area (Å²) in [6.45, 7) is 30.2. The molecule has 0 spiro atoms. The third-order valence-corrected chi connectivity index (χ3v) is 25.1. The summed E-state index contributed by atoms with van der Waals surface area (Å²) in [6, 6.07) is 120. The minimum absolute atomic E-state index is 0.0851. The van der Waals surface area contributed by atoms with Crippen LogP contribution in [0.4, 0.5) is 42.9 Å². The van der Waals surface area contributed by atoms with Crippen LogP contribution in [0.1, 0.15) is 131 Å². The zero-order valence-electron chi connectivity index (χ0n) is 69.8. The van der Waals surface area contributed by atoms with Crippen molar-refractivity contribution in [3.05, 3.63) is 454 Å². The lowest BCUT2D eigenvalue weighted by Gasteiger charge is -2.35. The first-order valence-corrected chi connectivity index (χ1v) is 41.6. The summed E-state index contributed by atoms with van der Waals surface area (Å²) < 4.78 is 50.0. The van der Waals surface area contributed by atoms with Crippen molar-refractivity contribution in [1.29, 1.82) is 0 Å². The van der Waals surface area contributed by atoms with E-state index in [0.29, 0.717) is 0 Å². The highest BCUT2D eigenvalue weighted by atomic mass is 19.1. The van der Waals surface area contributed by atoms with E-state index in [0.717, 1.165) is 179 Å². The predicted molar refractivity (Wildman–Crippen MR) is 498 cm³/mol. The Morgan fingerprint density at radius 1 is 0.306 bits per heavy atom. The Kier molecular flexibility index (Phi) is 19.1. The van der Waals surface area contributed by atoms with E-state index in [9.17, 15) is 8.78 Å². The molecule has 2 atom stereocenters. The van der Waals surface area contributed by atoms with Crippen LogP contribution in [0.15, 0.2) is 357 Å². The molecular formula is C114H92F2N2O3. The van der Waals surface area contributed by atoms with Crippen molar-refractivity contribution >= 4 is 68.2 Å².